The highest BCUT2D eigenvalue weighted by molar-refractivity contribution is 6.02. The highest BCUT2D eigenvalue weighted by Crippen LogP contribution is 2.09. The molecule has 0 unspecified atom stereocenters. The second-order valence-electron chi connectivity index (χ2n) is 4.10. The number of hydrogen-bond acceptors (Lipinski definition) is 3. The fourth-order valence-electron chi connectivity index (χ4n) is 1.51. The van der Waals surface area contributed by atoms with E-state index in [1.807, 2.05) is 13.8 Å². The topological polar surface area (TPSA) is 38.7 Å². The summed E-state index contributed by atoms with van der Waals surface area (Å²) in [5.41, 5.74) is 1.56. The quantitative estimate of drug-likeness (QED) is 0.596. The Morgan fingerprint density at radius 3 is 2.28 bits per heavy atom. The van der Waals surface area contributed by atoms with Crippen LogP contribution in [0.4, 0.5) is 4.39 Å². The van der Waals surface area contributed by atoms with Crippen LogP contribution in [0.2, 0.25) is 0 Å². The predicted molar refractivity (Wildman–Crippen MR) is 70.0 cm³/mol. The standard InChI is InChI=1S/C14H18FNO2/c1-4-18-14(17)12-7-5-11(6-8-12)13(9-15)16-10(2)3/h5-8,10H,4,9H2,1-3H3. The third kappa shape index (κ3) is 3.95. The first-order valence-corrected chi connectivity index (χ1v) is 5.98. The number of esters is 1. The summed E-state index contributed by atoms with van der Waals surface area (Å²) in [6.07, 6.45) is 0. The number of carbonyl (C=O) groups is 1. The van der Waals surface area contributed by atoms with E-state index in [-0.39, 0.29) is 12.0 Å². The summed E-state index contributed by atoms with van der Waals surface area (Å²) in [6, 6.07) is 6.66. The third-order valence-electron chi connectivity index (χ3n) is 2.27. The average molecular weight is 251 g/mol. The zero-order chi connectivity index (χ0) is 13.5. The summed E-state index contributed by atoms with van der Waals surface area (Å²) in [5, 5.41) is 0. The van der Waals surface area contributed by atoms with Crippen molar-refractivity contribution in [3.8, 4) is 0 Å². The number of benzene rings is 1. The molecule has 3 nitrogen and oxygen atoms in total. The Kier molecular flexibility index (Phi) is 5.49. The predicted octanol–water partition coefficient (Wildman–Crippen LogP) is 3.03. The molecule has 0 fully saturated rings. The highest BCUT2D eigenvalue weighted by atomic mass is 19.1. The number of alkyl halides is 1. The Labute approximate surface area is 107 Å². The van der Waals surface area contributed by atoms with Crippen LogP contribution in [-0.2, 0) is 4.74 Å². The van der Waals surface area contributed by atoms with Gasteiger partial charge in [-0.05, 0) is 38.5 Å². The molecule has 0 aromatic heterocycles. The number of hydrogen-bond donors (Lipinski definition) is 0. The first-order valence-electron chi connectivity index (χ1n) is 5.98. The maximum atomic E-state index is 12.9. The molecule has 0 atom stereocenters. The summed E-state index contributed by atoms with van der Waals surface area (Å²) in [5.74, 6) is -0.369. The lowest BCUT2D eigenvalue weighted by Crippen LogP contribution is -2.09. The molecule has 18 heavy (non-hydrogen) atoms. The SMILES string of the molecule is CCOC(=O)c1ccc(C(CF)=NC(C)C)cc1. The molecule has 0 saturated heterocycles. The van der Waals surface area contributed by atoms with Gasteiger partial charge < -0.3 is 4.74 Å². The molecule has 98 valence electrons. The maximum absolute atomic E-state index is 12.9. The summed E-state index contributed by atoms with van der Waals surface area (Å²) in [7, 11) is 0. The third-order valence-corrected chi connectivity index (χ3v) is 2.27. The van der Waals surface area contributed by atoms with Crippen LogP contribution in [0, 0.1) is 0 Å². The molecule has 0 aliphatic carbocycles. The Bertz CT molecular complexity index is 424. The van der Waals surface area contributed by atoms with E-state index in [0.29, 0.717) is 23.4 Å². The largest absolute Gasteiger partial charge is 0.462 e. The zero-order valence-corrected chi connectivity index (χ0v) is 10.9. The molecule has 0 radical (unpaired) electrons. The van der Waals surface area contributed by atoms with Gasteiger partial charge in [0, 0.05) is 6.04 Å². The lowest BCUT2D eigenvalue weighted by molar-refractivity contribution is 0.0526. The number of nitrogens with zero attached hydrogens (tertiary/aromatic N) is 1. The lowest BCUT2D eigenvalue weighted by Gasteiger charge is -2.06. The van der Waals surface area contributed by atoms with Crippen molar-refractivity contribution in [3.63, 3.8) is 0 Å². The van der Waals surface area contributed by atoms with Gasteiger partial charge >= 0.3 is 5.97 Å². The van der Waals surface area contributed by atoms with Crippen LogP contribution in [0.15, 0.2) is 29.3 Å². The van der Waals surface area contributed by atoms with Crippen LogP contribution in [0.5, 0.6) is 0 Å². The van der Waals surface area contributed by atoms with Crippen LogP contribution >= 0.6 is 0 Å². The van der Waals surface area contributed by atoms with Gasteiger partial charge in [-0.25, -0.2) is 9.18 Å². The number of ether oxygens (including phenoxy) is 1. The van der Waals surface area contributed by atoms with Crippen molar-refractivity contribution in [1.29, 1.82) is 0 Å². The van der Waals surface area contributed by atoms with E-state index >= 15 is 0 Å². The molecule has 0 aliphatic heterocycles. The molecule has 4 heteroatoms. The molecule has 0 N–H and O–H groups in total. The Morgan fingerprint density at radius 2 is 1.83 bits per heavy atom. The molecule has 0 aliphatic rings. The number of aliphatic imine (C=N–C) groups is 1. The van der Waals surface area contributed by atoms with Crippen LogP contribution in [-0.4, -0.2) is 31.0 Å². The van der Waals surface area contributed by atoms with E-state index in [2.05, 4.69) is 4.99 Å². The molecule has 1 aromatic rings. The monoisotopic (exact) mass is 251 g/mol. The van der Waals surface area contributed by atoms with Gasteiger partial charge in [0.05, 0.1) is 17.9 Å². The molecular weight excluding hydrogens is 233 g/mol. The van der Waals surface area contributed by atoms with Crippen molar-refractivity contribution < 1.29 is 13.9 Å². The molecule has 0 heterocycles. The van der Waals surface area contributed by atoms with E-state index in [4.69, 9.17) is 4.74 Å². The second-order valence-corrected chi connectivity index (χ2v) is 4.10. The highest BCUT2D eigenvalue weighted by Gasteiger charge is 2.08. The van der Waals surface area contributed by atoms with E-state index in [1.165, 1.54) is 0 Å². The van der Waals surface area contributed by atoms with Gasteiger partial charge in [-0.1, -0.05) is 12.1 Å². The van der Waals surface area contributed by atoms with E-state index in [1.54, 1.807) is 31.2 Å². The first kappa shape index (κ1) is 14.4. The molecule has 1 aromatic carbocycles. The smallest absolute Gasteiger partial charge is 0.338 e. The minimum atomic E-state index is -0.614. The molecule has 0 bridgehead atoms. The minimum Gasteiger partial charge on any atom is -0.462 e. The number of rotatable bonds is 5. The van der Waals surface area contributed by atoms with Gasteiger partial charge in [-0.3, -0.25) is 4.99 Å². The van der Waals surface area contributed by atoms with E-state index in [0.717, 1.165) is 0 Å². The summed E-state index contributed by atoms with van der Waals surface area (Å²) < 4.78 is 17.7. The fourth-order valence-corrected chi connectivity index (χ4v) is 1.51. The van der Waals surface area contributed by atoms with Crippen LogP contribution in [0.25, 0.3) is 0 Å². The van der Waals surface area contributed by atoms with Gasteiger partial charge in [0.2, 0.25) is 0 Å². The molecule has 1 rings (SSSR count). The minimum absolute atomic E-state index is 0.0421. The van der Waals surface area contributed by atoms with Gasteiger partial charge in [0.15, 0.2) is 0 Å². The Balaban J connectivity index is 2.91. The zero-order valence-electron chi connectivity index (χ0n) is 10.9. The number of carbonyl (C=O) groups excluding carboxylic acids is 1. The van der Waals surface area contributed by atoms with Crippen molar-refractivity contribution in [2.24, 2.45) is 4.99 Å². The van der Waals surface area contributed by atoms with Crippen molar-refractivity contribution in [1.82, 2.24) is 0 Å². The molecule has 0 spiro atoms. The van der Waals surface area contributed by atoms with Crippen molar-refractivity contribution in [2.45, 2.75) is 26.8 Å². The van der Waals surface area contributed by atoms with Crippen molar-refractivity contribution in [2.75, 3.05) is 13.3 Å². The maximum Gasteiger partial charge on any atom is 0.338 e. The molecule has 0 saturated carbocycles. The van der Waals surface area contributed by atoms with Gasteiger partial charge in [-0.2, -0.15) is 0 Å². The van der Waals surface area contributed by atoms with E-state index in [9.17, 15) is 9.18 Å². The summed E-state index contributed by atoms with van der Waals surface area (Å²) in [4.78, 5) is 15.6. The fraction of sp³-hybridized carbons (Fsp3) is 0.429. The lowest BCUT2D eigenvalue weighted by atomic mass is 10.1. The van der Waals surface area contributed by atoms with Gasteiger partial charge in [0.25, 0.3) is 0 Å². The first-order chi connectivity index (χ1) is 8.58. The van der Waals surface area contributed by atoms with E-state index < -0.39 is 6.67 Å². The Morgan fingerprint density at radius 1 is 1.28 bits per heavy atom. The van der Waals surface area contributed by atoms with Crippen molar-refractivity contribution in [3.05, 3.63) is 35.4 Å². The summed E-state index contributed by atoms with van der Waals surface area (Å²) in [6.45, 7) is 5.26. The summed E-state index contributed by atoms with van der Waals surface area (Å²) >= 11 is 0. The normalized spacial score (nSPS) is 11.7. The van der Waals surface area contributed by atoms with Crippen molar-refractivity contribution >= 4 is 11.7 Å². The van der Waals surface area contributed by atoms with Crippen LogP contribution in [0.3, 0.4) is 0 Å². The average Bonchev–Trinajstić information content (AvgIpc) is 2.36. The van der Waals surface area contributed by atoms with Crippen LogP contribution < -0.4 is 0 Å². The van der Waals surface area contributed by atoms with Crippen LogP contribution in [0.1, 0.15) is 36.7 Å². The van der Waals surface area contributed by atoms with Gasteiger partial charge in [0.1, 0.15) is 6.67 Å². The molecular formula is C14H18FNO2. The number of halogens is 1. The van der Waals surface area contributed by atoms with Gasteiger partial charge in [-0.15, -0.1) is 0 Å². The second kappa shape index (κ2) is 6.89. The Hall–Kier alpha value is -1.71. The molecule has 0 amide bonds.